The molecule has 0 aliphatic carbocycles. The highest BCUT2D eigenvalue weighted by molar-refractivity contribution is 7.88. The Morgan fingerprint density at radius 3 is 2.04 bits per heavy atom. The van der Waals surface area contributed by atoms with Gasteiger partial charge in [0, 0.05) is 30.5 Å². The van der Waals surface area contributed by atoms with Crippen molar-refractivity contribution in [3.05, 3.63) is 24.3 Å². The molecule has 1 aromatic carbocycles. The summed E-state index contributed by atoms with van der Waals surface area (Å²) < 4.78 is 24.5. The van der Waals surface area contributed by atoms with E-state index in [1.54, 1.807) is 13.8 Å². The molecular weight excluding hydrogens is 314 g/mol. The zero-order chi connectivity index (χ0) is 17.6. The van der Waals surface area contributed by atoms with Crippen molar-refractivity contribution in [3.63, 3.8) is 0 Å². The number of nitrogens with zero attached hydrogens (tertiary/aromatic N) is 2. The number of carbonyl (C=O) groups excluding carboxylic acids is 1. The van der Waals surface area contributed by atoms with Gasteiger partial charge in [-0.2, -0.15) is 4.31 Å². The van der Waals surface area contributed by atoms with Crippen molar-refractivity contribution in [2.75, 3.05) is 36.1 Å². The molecule has 1 aromatic rings. The van der Waals surface area contributed by atoms with E-state index in [1.165, 1.54) is 4.31 Å². The number of amides is 1. The lowest BCUT2D eigenvalue weighted by Crippen LogP contribution is -2.41. The predicted octanol–water partition coefficient (Wildman–Crippen LogP) is 2.14. The van der Waals surface area contributed by atoms with E-state index in [2.05, 4.69) is 24.1 Å². The van der Waals surface area contributed by atoms with Crippen LogP contribution in [0.2, 0.25) is 0 Å². The van der Waals surface area contributed by atoms with E-state index < -0.39 is 10.0 Å². The first kappa shape index (κ1) is 19.4. The summed E-state index contributed by atoms with van der Waals surface area (Å²) in [7, 11) is -3.41. The summed E-state index contributed by atoms with van der Waals surface area (Å²) >= 11 is 0. The Kier molecular flexibility index (Phi) is 7.02. The Labute approximate surface area is 139 Å². The Balaban J connectivity index is 2.74. The molecule has 0 aliphatic heterocycles. The molecule has 0 aliphatic rings. The van der Waals surface area contributed by atoms with Crippen LogP contribution in [0.1, 0.15) is 27.7 Å². The van der Waals surface area contributed by atoms with Crippen molar-refractivity contribution in [3.8, 4) is 0 Å². The van der Waals surface area contributed by atoms with Crippen molar-refractivity contribution >= 4 is 27.3 Å². The zero-order valence-electron chi connectivity index (χ0n) is 14.5. The van der Waals surface area contributed by atoms with E-state index in [4.69, 9.17) is 0 Å². The smallest absolute Gasteiger partial charge is 0.239 e. The van der Waals surface area contributed by atoms with Gasteiger partial charge in [-0.3, -0.25) is 4.79 Å². The third-order valence-electron chi connectivity index (χ3n) is 3.58. The van der Waals surface area contributed by atoms with Crippen LogP contribution in [0.25, 0.3) is 0 Å². The molecular formula is C16H27N3O3S. The van der Waals surface area contributed by atoms with Crippen molar-refractivity contribution in [2.24, 2.45) is 0 Å². The highest BCUT2D eigenvalue weighted by Crippen LogP contribution is 2.17. The molecule has 0 radical (unpaired) electrons. The molecule has 1 amide bonds. The van der Waals surface area contributed by atoms with Crippen LogP contribution in [0, 0.1) is 0 Å². The molecule has 0 bridgehead atoms. The molecule has 0 heterocycles. The number of hydrogen-bond donors (Lipinski definition) is 1. The fraction of sp³-hybridized carbons (Fsp3) is 0.562. The van der Waals surface area contributed by atoms with Gasteiger partial charge < -0.3 is 10.2 Å². The Bertz CT molecular complexity index is 608. The highest BCUT2D eigenvalue weighted by Gasteiger charge is 2.23. The van der Waals surface area contributed by atoms with Crippen LogP contribution >= 0.6 is 0 Å². The lowest BCUT2D eigenvalue weighted by Gasteiger charge is -2.23. The monoisotopic (exact) mass is 341 g/mol. The standard InChI is InChI=1S/C16H27N3O3S/c1-6-18(7-2)15-10-8-14(9-11-15)17-16(20)12-19(13(3)4)23(5,21)22/h8-11,13H,6-7,12H2,1-5H3,(H,17,20). The van der Waals surface area contributed by atoms with Gasteiger partial charge in [0.25, 0.3) is 0 Å². The molecule has 0 atom stereocenters. The van der Waals surface area contributed by atoms with Gasteiger partial charge in [-0.1, -0.05) is 0 Å². The first-order valence-electron chi connectivity index (χ1n) is 7.80. The normalized spacial score (nSPS) is 11.8. The Hall–Kier alpha value is -1.60. The lowest BCUT2D eigenvalue weighted by molar-refractivity contribution is -0.116. The average Bonchev–Trinajstić information content (AvgIpc) is 2.46. The van der Waals surface area contributed by atoms with Gasteiger partial charge >= 0.3 is 0 Å². The molecule has 130 valence electrons. The minimum absolute atomic E-state index is 0.186. The summed E-state index contributed by atoms with van der Waals surface area (Å²) in [4.78, 5) is 14.3. The largest absolute Gasteiger partial charge is 0.372 e. The van der Waals surface area contributed by atoms with Crippen LogP contribution in [-0.4, -0.2) is 50.6 Å². The summed E-state index contributed by atoms with van der Waals surface area (Å²) in [6, 6.07) is 7.27. The number of hydrogen-bond acceptors (Lipinski definition) is 4. The third-order valence-corrected chi connectivity index (χ3v) is 4.98. The van der Waals surface area contributed by atoms with E-state index >= 15 is 0 Å². The van der Waals surface area contributed by atoms with Gasteiger partial charge in [0.05, 0.1) is 12.8 Å². The number of rotatable bonds is 8. The van der Waals surface area contributed by atoms with Gasteiger partial charge in [0.2, 0.25) is 15.9 Å². The van der Waals surface area contributed by atoms with Crippen molar-refractivity contribution in [2.45, 2.75) is 33.7 Å². The fourth-order valence-electron chi connectivity index (χ4n) is 2.37. The van der Waals surface area contributed by atoms with Crippen molar-refractivity contribution in [1.82, 2.24) is 4.31 Å². The van der Waals surface area contributed by atoms with Crippen LogP contribution in [0.5, 0.6) is 0 Å². The van der Waals surface area contributed by atoms with E-state index in [0.29, 0.717) is 5.69 Å². The SMILES string of the molecule is CCN(CC)c1ccc(NC(=O)CN(C(C)C)S(C)(=O)=O)cc1. The maximum Gasteiger partial charge on any atom is 0.239 e. The van der Waals surface area contributed by atoms with Gasteiger partial charge in [-0.05, 0) is 52.0 Å². The maximum absolute atomic E-state index is 12.1. The molecule has 1 N–H and O–H groups in total. The first-order valence-corrected chi connectivity index (χ1v) is 9.65. The molecule has 0 saturated heterocycles. The maximum atomic E-state index is 12.1. The molecule has 6 nitrogen and oxygen atoms in total. The van der Waals surface area contributed by atoms with Crippen LogP contribution in [0.15, 0.2) is 24.3 Å². The van der Waals surface area contributed by atoms with E-state index in [1.807, 2.05) is 24.3 Å². The highest BCUT2D eigenvalue weighted by atomic mass is 32.2. The van der Waals surface area contributed by atoms with E-state index in [9.17, 15) is 13.2 Å². The number of carbonyl (C=O) groups is 1. The van der Waals surface area contributed by atoms with Crippen LogP contribution in [0.3, 0.4) is 0 Å². The zero-order valence-corrected chi connectivity index (χ0v) is 15.4. The summed E-state index contributed by atoms with van der Waals surface area (Å²) in [6.45, 7) is 9.31. The summed E-state index contributed by atoms with van der Waals surface area (Å²) in [6.07, 6.45) is 1.11. The lowest BCUT2D eigenvalue weighted by atomic mass is 10.2. The van der Waals surface area contributed by atoms with E-state index in [0.717, 1.165) is 25.0 Å². The Morgan fingerprint density at radius 2 is 1.65 bits per heavy atom. The summed E-state index contributed by atoms with van der Waals surface area (Å²) in [5.41, 5.74) is 1.75. The second-order valence-electron chi connectivity index (χ2n) is 5.67. The topological polar surface area (TPSA) is 69.7 Å². The van der Waals surface area contributed by atoms with Gasteiger partial charge in [0.1, 0.15) is 0 Å². The number of nitrogens with one attached hydrogen (secondary N) is 1. The quantitative estimate of drug-likeness (QED) is 0.786. The van der Waals surface area contributed by atoms with Crippen LogP contribution in [-0.2, 0) is 14.8 Å². The molecule has 23 heavy (non-hydrogen) atoms. The second-order valence-corrected chi connectivity index (χ2v) is 7.60. The molecule has 0 unspecified atom stereocenters. The van der Waals surface area contributed by atoms with Crippen LogP contribution in [0.4, 0.5) is 11.4 Å². The fourth-order valence-corrected chi connectivity index (χ4v) is 3.49. The first-order chi connectivity index (χ1) is 10.7. The van der Waals surface area contributed by atoms with Crippen molar-refractivity contribution in [1.29, 1.82) is 0 Å². The Morgan fingerprint density at radius 1 is 1.13 bits per heavy atom. The molecule has 0 spiro atoms. The molecule has 0 fully saturated rings. The van der Waals surface area contributed by atoms with Gasteiger partial charge in [0.15, 0.2) is 0 Å². The molecule has 0 aromatic heterocycles. The minimum Gasteiger partial charge on any atom is -0.372 e. The van der Waals surface area contributed by atoms with Crippen molar-refractivity contribution < 1.29 is 13.2 Å². The number of benzene rings is 1. The minimum atomic E-state index is -3.41. The molecule has 7 heteroatoms. The molecule has 1 rings (SSSR count). The average molecular weight is 341 g/mol. The predicted molar refractivity (Wildman–Crippen MR) is 95.3 cm³/mol. The van der Waals surface area contributed by atoms with E-state index in [-0.39, 0.29) is 18.5 Å². The summed E-state index contributed by atoms with van der Waals surface area (Å²) in [5, 5.41) is 2.74. The number of anilines is 2. The van der Waals surface area contributed by atoms with Crippen LogP contribution < -0.4 is 10.2 Å². The number of sulfonamides is 1. The van der Waals surface area contributed by atoms with Gasteiger partial charge in [-0.15, -0.1) is 0 Å². The third kappa shape index (κ3) is 5.84. The second kappa shape index (κ2) is 8.31. The molecule has 0 saturated carbocycles. The summed E-state index contributed by atoms with van der Waals surface area (Å²) in [5.74, 6) is -0.347. The van der Waals surface area contributed by atoms with Gasteiger partial charge in [-0.25, -0.2) is 8.42 Å².